The second-order valence-electron chi connectivity index (χ2n) is 6.88. The third kappa shape index (κ3) is 5.56. The maximum absolute atomic E-state index is 12.2. The van der Waals surface area contributed by atoms with Crippen LogP contribution >= 0.6 is 0 Å². The molecule has 1 aromatic heterocycles. The van der Waals surface area contributed by atoms with Gasteiger partial charge in [0.25, 0.3) is 5.91 Å². The number of hydrogen-bond donors (Lipinski definition) is 2. The highest BCUT2D eigenvalue weighted by Gasteiger charge is 2.23. The van der Waals surface area contributed by atoms with Crippen LogP contribution in [0.4, 0.5) is 10.5 Å². The normalized spacial score (nSPS) is 20.3. The molecule has 2 fully saturated rings. The van der Waals surface area contributed by atoms with Gasteiger partial charge in [-0.2, -0.15) is 0 Å². The van der Waals surface area contributed by atoms with Gasteiger partial charge in [-0.3, -0.25) is 4.79 Å². The first-order valence-corrected chi connectivity index (χ1v) is 9.69. The highest BCUT2D eigenvalue weighted by Crippen LogP contribution is 2.17. The van der Waals surface area contributed by atoms with Crippen molar-refractivity contribution in [3.05, 3.63) is 24.0 Å². The van der Waals surface area contributed by atoms with Crippen molar-refractivity contribution < 1.29 is 19.1 Å². The van der Waals surface area contributed by atoms with Crippen LogP contribution < -0.4 is 10.6 Å². The minimum absolute atomic E-state index is 0.121. The van der Waals surface area contributed by atoms with Crippen LogP contribution in [0.5, 0.6) is 0 Å². The van der Waals surface area contributed by atoms with Crippen LogP contribution in [0.1, 0.15) is 43.1 Å². The summed E-state index contributed by atoms with van der Waals surface area (Å²) in [7, 11) is 0. The summed E-state index contributed by atoms with van der Waals surface area (Å²) < 4.78 is 10.5. The van der Waals surface area contributed by atoms with Crippen molar-refractivity contribution >= 4 is 17.7 Å². The standard InChI is InChI=1S/C19H28N4O4/c1-2-26-19(25)23-9-7-14(8-10-23)22-15-5-6-17(20-12-15)18(24)21-13-16-4-3-11-27-16/h5-6,12,14,16,22H,2-4,7-11,13H2,1H3,(H,21,24). The van der Waals surface area contributed by atoms with Gasteiger partial charge in [0.1, 0.15) is 5.69 Å². The van der Waals surface area contributed by atoms with E-state index in [1.807, 2.05) is 13.0 Å². The average molecular weight is 376 g/mol. The summed E-state index contributed by atoms with van der Waals surface area (Å²) in [6.45, 7) is 4.86. The molecule has 2 aliphatic heterocycles. The van der Waals surface area contributed by atoms with Crippen molar-refractivity contribution in [2.45, 2.75) is 44.8 Å². The highest BCUT2D eigenvalue weighted by molar-refractivity contribution is 5.92. The average Bonchev–Trinajstić information content (AvgIpc) is 3.21. The quantitative estimate of drug-likeness (QED) is 0.789. The lowest BCUT2D eigenvalue weighted by Gasteiger charge is -2.32. The number of piperidine rings is 1. The summed E-state index contributed by atoms with van der Waals surface area (Å²) in [6.07, 6.45) is 5.30. The minimum atomic E-state index is -0.240. The van der Waals surface area contributed by atoms with Crippen LogP contribution in [0.25, 0.3) is 0 Å². The van der Waals surface area contributed by atoms with E-state index in [1.54, 1.807) is 17.2 Å². The number of ether oxygens (including phenoxy) is 2. The Morgan fingerprint density at radius 3 is 2.74 bits per heavy atom. The smallest absolute Gasteiger partial charge is 0.409 e. The van der Waals surface area contributed by atoms with E-state index in [0.717, 1.165) is 38.0 Å². The monoisotopic (exact) mass is 376 g/mol. The van der Waals surface area contributed by atoms with E-state index < -0.39 is 0 Å². The maximum atomic E-state index is 12.2. The van der Waals surface area contributed by atoms with Crippen LogP contribution in [0.2, 0.25) is 0 Å². The number of pyridine rings is 1. The van der Waals surface area contributed by atoms with Crippen LogP contribution in [0, 0.1) is 0 Å². The fourth-order valence-corrected chi connectivity index (χ4v) is 3.37. The lowest BCUT2D eigenvalue weighted by Crippen LogP contribution is -2.42. The summed E-state index contributed by atoms with van der Waals surface area (Å²) in [5, 5.41) is 6.29. The fourth-order valence-electron chi connectivity index (χ4n) is 3.37. The molecule has 1 atom stereocenters. The zero-order chi connectivity index (χ0) is 19.1. The molecule has 1 aromatic rings. The number of amides is 2. The first-order valence-electron chi connectivity index (χ1n) is 9.69. The largest absolute Gasteiger partial charge is 0.450 e. The molecule has 2 saturated heterocycles. The fraction of sp³-hybridized carbons (Fsp3) is 0.632. The summed E-state index contributed by atoms with van der Waals surface area (Å²) in [6, 6.07) is 3.86. The number of rotatable bonds is 6. The Morgan fingerprint density at radius 2 is 2.11 bits per heavy atom. The van der Waals surface area contributed by atoms with Gasteiger partial charge in [-0.1, -0.05) is 0 Å². The Kier molecular flexibility index (Phi) is 6.86. The Hall–Kier alpha value is -2.35. The van der Waals surface area contributed by atoms with E-state index in [1.165, 1.54) is 0 Å². The van der Waals surface area contributed by atoms with Gasteiger partial charge in [-0.25, -0.2) is 9.78 Å². The number of hydrogen-bond acceptors (Lipinski definition) is 6. The van der Waals surface area contributed by atoms with Crippen molar-refractivity contribution in [3.8, 4) is 0 Å². The van der Waals surface area contributed by atoms with Crippen molar-refractivity contribution in [2.75, 3.05) is 38.2 Å². The van der Waals surface area contributed by atoms with Gasteiger partial charge in [0, 0.05) is 32.3 Å². The molecule has 0 radical (unpaired) electrons. The summed E-state index contributed by atoms with van der Waals surface area (Å²) >= 11 is 0. The van der Waals surface area contributed by atoms with Gasteiger partial charge in [0.05, 0.1) is 24.6 Å². The molecule has 1 unspecified atom stereocenters. The topological polar surface area (TPSA) is 92.8 Å². The predicted octanol–water partition coefficient (Wildman–Crippen LogP) is 2.02. The van der Waals surface area contributed by atoms with Gasteiger partial charge < -0.3 is 25.0 Å². The molecule has 2 amide bonds. The predicted molar refractivity (Wildman–Crippen MR) is 101 cm³/mol. The third-order valence-electron chi connectivity index (χ3n) is 4.90. The van der Waals surface area contributed by atoms with E-state index in [0.29, 0.717) is 31.9 Å². The Balaban J connectivity index is 1.42. The molecule has 2 N–H and O–H groups in total. The number of carbonyl (C=O) groups is 2. The Bertz CT molecular complexity index is 623. The van der Waals surface area contributed by atoms with Crippen LogP contribution in [0.3, 0.4) is 0 Å². The molecule has 27 heavy (non-hydrogen) atoms. The van der Waals surface area contributed by atoms with Crippen molar-refractivity contribution in [2.24, 2.45) is 0 Å². The Morgan fingerprint density at radius 1 is 1.30 bits per heavy atom. The molecule has 148 valence electrons. The number of nitrogens with one attached hydrogen (secondary N) is 2. The number of anilines is 1. The minimum Gasteiger partial charge on any atom is -0.450 e. The van der Waals surface area contributed by atoms with E-state index in [9.17, 15) is 9.59 Å². The number of aromatic nitrogens is 1. The lowest BCUT2D eigenvalue weighted by molar-refractivity contribution is 0.0853. The molecule has 0 aliphatic carbocycles. The third-order valence-corrected chi connectivity index (χ3v) is 4.90. The highest BCUT2D eigenvalue weighted by atomic mass is 16.6. The molecule has 8 nitrogen and oxygen atoms in total. The van der Waals surface area contributed by atoms with Gasteiger partial charge in [0.15, 0.2) is 0 Å². The first kappa shape index (κ1) is 19.4. The van der Waals surface area contributed by atoms with Gasteiger partial charge in [-0.05, 0) is 44.7 Å². The van der Waals surface area contributed by atoms with Gasteiger partial charge >= 0.3 is 6.09 Å². The molecule has 2 aliphatic rings. The van der Waals surface area contributed by atoms with E-state index in [-0.39, 0.29) is 24.1 Å². The lowest BCUT2D eigenvalue weighted by atomic mass is 10.1. The van der Waals surface area contributed by atoms with Crippen molar-refractivity contribution in [1.82, 2.24) is 15.2 Å². The molecule has 0 spiro atoms. The van der Waals surface area contributed by atoms with E-state index in [4.69, 9.17) is 9.47 Å². The van der Waals surface area contributed by atoms with Crippen LogP contribution in [-0.4, -0.2) is 66.9 Å². The van der Waals surface area contributed by atoms with Crippen LogP contribution in [0.15, 0.2) is 18.3 Å². The summed E-state index contributed by atoms with van der Waals surface area (Å²) in [5.74, 6) is -0.181. The molecule has 0 aromatic carbocycles. The molecule has 3 rings (SSSR count). The molecular weight excluding hydrogens is 348 g/mol. The number of carbonyl (C=O) groups excluding carboxylic acids is 2. The second kappa shape index (κ2) is 9.55. The SMILES string of the molecule is CCOC(=O)N1CCC(Nc2ccc(C(=O)NCC3CCCO3)nc2)CC1. The van der Waals surface area contributed by atoms with E-state index >= 15 is 0 Å². The summed E-state index contributed by atoms with van der Waals surface area (Å²) in [5.41, 5.74) is 1.27. The molecule has 8 heteroatoms. The molecule has 3 heterocycles. The van der Waals surface area contributed by atoms with Gasteiger partial charge in [0.2, 0.25) is 0 Å². The zero-order valence-electron chi connectivity index (χ0n) is 15.8. The Labute approximate surface area is 159 Å². The van der Waals surface area contributed by atoms with Crippen LogP contribution in [-0.2, 0) is 9.47 Å². The summed E-state index contributed by atoms with van der Waals surface area (Å²) in [4.78, 5) is 29.9. The van der Waals surface area contributed by atoms with Crippen molar-refractivity contribution in [1.29, 1.82) is 0 Å². The molecule has 0 bridgehead atoms. The zero-order valence-corrected chi connectivity index (χ0v) is 15.8. The maximum Gasteiger partial charge on any atom is 0.409 e. The van der Waals surface area contributed by atoms with E-state index in [2.05, 4.69) is 15.6 Å². The van der Waals surface area contributed by atoms with Gasteiger partial charge in [-0.15, -0.1) is 0 Å². The second-order valence-corrected chi connectivity index (χ2v) is 6.88. The number of likely N-dealkylation sites (tertiary alicyclic amines) is 1. The van der Waals surface area contributed by atoms with Crippen molar-refractivity contribution in [3.63, 3.8) is 0 Å². The molecular formula is C19H28N4O4. The first-order chi connectivity index (χ1) is 13.2. The molecule has 0 saturated carbocycles. The number of nitrogens with zero attached hydrogens (tertiary/aromatic N) is 2.